The van der Waals surface area contributed by atoms with Crippen molar-refractivity contribution in [2.75, 3.05) is 39.3 Å². The average Bonchev–Trinajstić information content (AvgIpc) is 3.28. The van der Waals surface area contributed by atoms with Gasteiger partial charge in [-0.25, -0.2) is 13.1 Å². The maximum absolute atomic E-state index is 12.3. The molecule has 5 rings (SSSR count). The van der Waals surface area contributed by atoms with Gasteiger partial charge in [0.15, 0.2) is 0 Å². The first-order valence-corrected chi connectivity index (χ1v) is 11.5. The highest BCUT2D eigenvalue weighted by Gasteiger charge is 2.40. The second-order valence-corrected chi connectivity index (χ2v) is 10.4. The number of piperidine rings is 3. The number of nitrogens with zero attached hydrogens (tertiary/aromatic N) is 2. The molecule has 5 heterocycles. The van der Waals surface area contributed by atoms with Gasteiger partial charge in [0.25, 0.3) is 0 Å². The van der Waals surface area contributed by atoms with E-state index in [2.05, 4.69) is 14.5 Å². The normalized spacial score (nSPS) is 34.0. The number of hydrogen-bond donors (Lipinski definition) is 1. The number of nitrogens with one attached hydrogen (secondary N) is 1. The summed E-state index contributed by atoms with van der Waals surface area (Å²) in [6.07, 6.45) is 5.14. The number of likely N-dealkylation sites (tertiary alicyclic amines) is 1. The van der Waals surface area contributed by atoms with E-state index in [4.69, 9.17) is 0 Å². The van der Waals surface area contributed by atoms with Crippen LogP contribution in [0.5, 0.6) is 0 Å². The van der Waals surface area contributed by atoms with Gasteiger partial charge in [-0.2, -0.15) is 0 Å². The lowest BCUT2D eigenvalue weighted by Crippen LogP contribution is -2.58. The molecule has 5 nitrogen and oxygen atoms in total. The smallest absolute Gasteiger partial charge is 0.250 e. The number of fused-ring (bicyclic) bond motifs is 3. The summed E-state index contributed by atoms with van der Waals surface area (Å²) in [5, 5.41) is 1.81. The SMILES string of the molecule is O=S(=O)(NCC1CC2CCN1CC2CN1CCCC1)c1cccs1. The maximum Gasteiger partial charge on any atom is 0.250 e. The van der Waals surface area contributed by atoms with Crippen molar-refractivity contribution in [3.8, 4) is 0 Å². The maximum atomic E-state index is 12.3. The second kappa shape index (κ2) is 7.03. The molecule has 1 aromatic heterocycles. The van der Waals surface area contributed by atoms with Crippen LogP contribution in [-0.4, -0.2) is 63.5 Å². The van der Waals surface area contributed by atoms with Crippen molar-refractivity contribution in [1.82, 2.24) is 14.5 Å². The van der Waals surface area contributed by atoms with Crippen LogP contribution in [-0.2, 0) is 10.0 Å². The topological polar surface area (TPSA) is 52.7 Å². The van der Waals surface area contributed by atoms with Gasteiger partial charge in [-0.3, -0.25) is 4.90 Å². The van der Waals surface area contributed by atoms with E-state index >= 15 is 0 Å². The molecule has 4 unspecified atom stereocenters. The predicted octanol–water partition coefficient (Wildman–Crippen LogP) is 1.83. The fourth-order valence-corrected chi connectivity index (χ4v) is 6.77. The number of hydrogen-bond acceptors (Lipinski definition) is 5. The van der Waals surface area contributed by atoms with Crippen molar-refractivity contribution in [2.45, 2.75) is 35.9 Å². The van der Waals surface area contributed by atoms with Crippen LogP contribution in [0.2, 0.25) is 0 Å². The van der Waals surface area contributed by atoms with Gasteiger partial charge in [0.05, 0.1) is 0 Å². The molecule has 1 N–H and O–H groups in total. The Morgan fingerprint density at radius 2 is 2.08 bits per heavy atom. The van der Waals surface area contributed by atoms with E-state index in [1.54, 1.807) is 12.1 Å². The standard InChI is InChI=1S/C17H27N3O2S2/c21-24(22,17-4-3-9-23-17)18-11-16-10-14-5-8-20(16)13-15(14)12-19-6-1-2-7-19/h3-4,9,14-16,18H,1-2,5-8,10-13H2. The molecule has 0 saturated carbocycles. The molecule has 4 fully saturated rings. The number of thiophene rings is 1. The van der Waals surface area contributed by atoms with E-state index in [-0.39, 0.29) is 0 Å². The van der Waals surface area contributed by atoms with Crippen LogP contribution in [0.1, 0.15) is 25.7 Å². The molecular formula is C17H27N3O2S2. The van der Waals surface area contributed by atoms with Crippen molar-refractivity contribution >= 4 is 21.4 Å². The minimum Gasteiger partial charge on any atom is -0.303 e. The first kappa shape index (κ1) is 17.0. The molecule has 4 saturated heterocycles. The largest absolute Gasteiger partial charge is 0.303 e. The molecule has 134 valence electrons. The summed E-state index contributed by atoms with van der Waals surface area (Å²) in [6, 6.07) is 3.83. The van der Waals surface area contributed by atoms with Crippen LogP contribution in [0.3, 0.4) is 0 Å². The highest BCUT2D eigenvalue weighted by atomic mass is 32.2. The van der Waals surface area contributed by atoms with Gasteiger partial charge >= 0.3 is 0 Å². The number of sulfonamides is 1. The summed E-state index contributed by atoms with van der Waals surface area (Å²) in [5.74, 6) is 1.55. The van der Waals surface area contributed by atoms with Crippen LogP contribution >= 0.6 is 11.3 Å². The Balaban J connectivity index is 1.32. The summed E-state index contributed by atoms with van der Waals surface area (Å²) < 4.78 is 27.9. The fourth-order valence-electron chi connectivity index (χ4n) is 4.66. The van der Waals surface area contributed by atoms with Crippen LogP contribution < -0.4 is 4.72 Å². The zero-order valence-electron chi connectivity index (χ0n) is 14.1. The second-order valence-electron chi connectivity index (χ2n) is 7.48. The minimum atomic E-state index is -3.33. The summed E-state index contributed by atoms with van der Waals surface area (Å²) >= 11 is 1.28. The molecule has 0 spiro atoms. The molecule has 1 aromatic rings. The third-order valence-corrected chi connectivity index (χ3v) is 8.80. The molecule has 0 aliphatic carbocycles. The highest BCUT2D eigenvalue weighted by molar-refractivity contribution is 7.91. The van der Waals surface area contributed by atoms with E-state index in [1.807, 2.05) is 5.38 Å². The lowest BCUT2D eigenvalue weighted by atomic mass is 9.75. The van der Waals surface area contributed by atoms with Gasteiger partial charge < -0.3 is 4.90 Å². The van der Waals surface area contributed by atoms with E-state index in [9.17, 15) is 8.42 Å². The molecular weight excluding hydrogens is 342 g/mol. The molecule has 0 amide bonds. The molecule has 4 atom stereocenters. The summed E-state index contributed by atoms with van der Waals surface area (Å²) in [5.41, 5.74) is 0. The molecule has 4 aliphatic heterocycles. The van der Waals surface area contributed by atoms with Crippen LogP contribution in [0.15, 0.2) is 21.7 Å². The third kappa shape index (κ3) is 3.55. The first-order chi connectivity index (χ1) is 11.6. The quantitative estimate of drug-likeness (QED) is 0.831. The summed E-state index contributed by atoms with van der Waals surface area (Å²) in [7, 11) is -3.33. The van der Waals surface area contributed by atoms with Gasteiger partial charge in [-0.1, -0.05) is 6.07 Å². The van der Waals surface area contributed by atoms with E-state index in [0.29, 0.717) is 16.8 Å². The Hall–Kier alpha value is -0.470. The van der Waals surface area contributed by atoms with Crippen molar-refractivity contribution in [3.63, 3.8) is 0 Å². The van der Waals surface area contributed by atoms with E-state index < -0.39 is 10.0 Å². The Kier molecular flexibility index (Phi) is 4.97. The van der Waals surface area contributed by atoms with Gasteiger partial charge in [-0.05, 0) is 68.6 Å². The average molecular weight is 370 g/mol. The van der Waals surface area contributed by atoms with Crippen LogP contribution in [0, 0.1) is 11.8 Å². The van der Waals surface area contributed by atoms with Crippen molar-refractivity contribution in [1.29, 1.82) is 0 Å². The minimum absolute atomic E-state index is 0.369. The first-order valence-electron chi connectivity index (χ1n) is 9.11. The molecule has 0 radical (unpaired) electrons. The van der Waals surface area contributed by atoms with Gasteiger partial charge in [0.2, 0.25) is 10.0 Å². The molecule has 4 aliphatic rings. The zero-order chi connectivity index (χ0) is 16.6. The Bertz CT molecular complexity index is 641. The van der Waals surface area contributed by atoms with E-state index in [0.717, 1.165) is 31.3 Å². The lowest BCUT2D eigenvalue weighted by molar-refractivity contribution is -0.00770. The summed E-state index contributed by atoms with van der Waals surface area (Å²) in [6.45, 7) is 6.61. The lowest BCUT2D eigenvalue weighted by Gasteiger charge is -2.50. The highest BCUT2D eigenvalue weighted by Crippen LogP contribution is 2.37. The van der Waals surface area contributed by atoms with Crippen molar-refractivity contribution in [3.05, 3.63) is 17.5 Å². The van der Waals surface area contributed by atoms with Crippen LogP contribution in [0.25, 0.3) is 0 Å². The molecule has 0 aromatic carbocycles. The molecule has 2 bridgehead atoms. The molecule has 24 heavy (non-hydrogen) atoms. The number of rotatable bonds is 6. The Morgan fingerprint density at radius 3 is 2.75 bits per heavy atom. The molecule has 7 heteroatoms. The zero-order valence-corrected chi connectivity index (χ0v) is 15.7. The third-order valence-electron chi connectivity index (χ3n) is 5.97. The van der Waals surface area contributed by atoms with Crippen LogP contribution in [0.4, 0.5) is 0 Å². The van der Waals surface area contributed by atoms with E-state index in [1.165, 1.54) is 50.2 Å². The summed E-state index contributed by atoms with van der Waals surface area (Å²) in [4.78, 5) is 5.15. The van der Waals surface area contributed by atoms with Crippen molar-refractivity contribution in [2.24, 2.45) is 11.8 Å². The van der Waals surface area contributed by atoms with Crippen molar-refractivity contribution < 1.29 is 8.42 Å². The van der Waals surface area contributed by atoms with Gasteiger partial charge in [0, 0.05) is 25.7 Å². The monoisotopic (exact) mass is 369 g/mol. The fraction of sp³-hybridized carbons (Fsp3) is 0.765. The van der Waals surface area contributed by atoms with Gasteiger partial charge in [-0.15, -0.1) is 11.3 Å². The predicted molar refractivity (Wildman–Crippen MR) is 96.8 cm³/mol. The Labute approximate surface area is 149 Å². The Morgan fingerprint density at radius 1 is 1.25 bits per heavy atom. The van der Waals surface area contributed by atoms with Gasteiger partial charge in [0.1, 0.15) is 4.21 Å².